The van der Waals surface area contributed by atoms with Crippen LogP contribution in [-0.4, -0.2) is 87.0 Å². The second kappa shape index (κ2) is 7.36. The van der Waals surface area contributed by atoms with Gasteiger partial charge in [-0.3, -0.25) is 14.6 Å². The van der Waals surface area contributed by atoms with Crippen molar-refractivity contribution in [3.63, 3.8) is 0 Å². The SMILES string of the molecule is CN1CC[C@@]2(CCC1=O)CN(Cc1ccc(-c3nn[nH]n3)cc1)CCN2C. The summed E-state index contributed by atoms with van der Waals surface area (Å²) in [6, 6.07) is 8.37. The Morgan fingerprint density at radius 2 is 1.93 bits per heavy atom. The molecule has 0 unspecified atom stereocenters. The number of carbonyl (C=O) groups is 1. The molecule has 1 spiro atoms. The smallest absolute Gasteiger partial charge is 0.222 e. The molecule has 2 aliphatic rings. The lowest BCUT2D eigenvalue weighted by atomic mass is 9.86. The van der Waals surface area contributed by atoms with Gasteiger partial charge in [-0.2, -0.15) is 5.21 Å². The van der Waals surface area contributed by atoms with E-state index in [0.717, 1.165) is 51.1 Å². The number of benzene rings is 1. The molecule has 1 amide bonds. The van der Waals surface area contributed by atoms with Crippen molar-refractivity contribution >= 4 is 5.91 Å². The minimum Gasteiger partial charge on any atom is -0.346 e. The van der Waals surface area contributed by atoms with Crippen LogP contribution >= 0.6 is 0 Å². The number of tetrazole rings is 1. The summed E-state index contributed by atoms with van der Waals surface area (Å²) in [6.45, 7) is 4.87. The van der Waals surface area contributed by atoms with Gasteiger partial charge < -0.3 is 4.90 Å². The number of nitrogens with one attached hydrogen (secondary N) is 1. The fourth-order valence-electron chi connectivity index (χ4n) is 4.28. The summed E-state index contributed by atoms with van der Waals surface area (Å²) in [7, 11) is 4.14. The standard InChI is InChI=1S/C19H27N7O/c1-24-10-9-19(8-7-17(24)27)14-26(12-11-25(19)2)13-15-3-5-16(6-4-15)18-20-22-23-21-18/h3-6H,7-14H2,1-2H3,(H,20,21,22,23)/t19-/m0/s1. The maximum Gasteiger partial charge on any atom is 0.222 e. The Hall–Kier alpha value is -2.32. The third-order valence-corrected chi connectivity index (χ3v) is 6.19. The number of likely N-dealkylation sites (tertiary alicyclic amines) is 1. The van der Waals surface area contributed by atoms with Crippen molar-refractivity contribution in [3.05, 3.63) is 29.8 Å². The number of amides is 1. The van der Waals surface area contributed by atoms with E-state index < -0.39 is 0 Å². The fourth-order valence-corrected chi connectivity index (χ4v) is 4.28. The number of hydrogen-bond donors (Lipinski definition) is 1. The van der Waals surface area contributed by atoms with Crippen molar-refractivity contribution in [2.45, 2.75) is 31.3 Å². The molecule has 1 N–H and O–H groups in total. The number of rotatable bonds is 3. The van der Waals surface area contributed by atoms with Crippen LogP contribution in [0.2, 0.25) is 0 Å². The highest BCUT2D eigenvalue weighted by Crippen LogP contribution is 2.32. The molecule has 1 atom stereocenters. The molecule has 144 valence electrons. The number of hydrogen-bond acceptors (Lipinski definition) is 6. The Morgan fingerprint density at radius 1 is 1.11 bits per heavy atom. The van der Waals surface area contributed by atoms with Crippen molar-refractivity contribution in [1.29, 1.82) is 0 Å². The monoisotopic (exact) mass is 369 g/mol. The van der Waals surface area contributed by atoms with E-state index in [0.29, 0.717) is 12.2 Å². The summed E-state index contributed by atoms with van der Waals surface area (Å²) in [4.78, 5) is 19.0. The summed E-state index contributed by atoms with van der Waals surface area (Å²) in [6.07, 6.45) is 2.63. The molecule has 1 aromatic heterocycles. The van der Waals surface area contributed by atoms with Crippen LogP contribution in [0.15, 0.2) is 24.3 Å². The molecule has 1 aromatic carbocycles. The van der Waals surface area contributed by atoms with Gasteiger partial charge in [0.1, 0.15) is 0 Å². The Morgan fingerprint density at radius 3 is 2.67 bits per heavy atom. The molecule has 8 nitrogen and oxygen atoms in total. The van der Waals surface area contributed by atoms with E-state index in [1.54, 1.807) is 0 Å². The topological polar surface area (TPSA) is 81.2 Å². The van der Waals surface area contributed by atoms with Gasteiger partial charge in [0, 0.05) is 57.3 Å². The van der Waals surface area contributed by atoms with Crippen LogP contribution in [0.25, 0.3) is 11.4 Å². The van der Waals surface area contributed by atoms with Crippen LogP contribution in [-0.2, 0) is 11.3 Å². The first kappa shape index (κ1) is 18.1. The molecule has 0 aliphatic carbocycles. The van der Waals surface area contributed by atoms with Gasteiger partial charge in [-0.25, -0.2) is 0 Å². The first-order valence-electron chi connectivity index (χ1n) is 9.56. The lowest BCUT2D eigenvalue weighted by Crippen LogP contribution is -2.60. The molecule has 2 fully saturated rings. The van der Waals surface area contributed by atoms with Crippen LogP contribution < -0.4 is 0 Å². The van der Waals surface area contributed by atoms with Gasteiger partial charge in [0.05, 0.1) is 0 Å². The Kier molecular flexibility index (Phi) is 4.92. The van der Waals surface area contributed by atoms with Gasteiger partial charge in [0.2, 0.25) is 11.7 Å². The third-order valence-electron chi connectivity index (χ3n) is 6.19. The van der Waals surface area contributed by atoms with E-state index in [-0.39, 0.29) is 11.4 Å². The lowest BCUT2D eigenvalue weighted by molar-refractivity contribution is -0.129. The maximum absolute atomic E-state index is 12.1. The summed E-state index contributed by atoms with van der Waals surface area (Å²) in [5.74, 6) is 0.891. The predicted octanol–water partition coefficient (Wildman–Crippen LogP) is 0.995. The highest BCUT2D eigenvalue weighted by molar-refractivity contribution is 5.76. The van der Waals surface area contributed by atoms with Crippen molar-refractivity contribution in [1.82, 2.24) is 35.3 Å². The highest BCUT2D eigenvalue weighted by Gasteiger charge is 2.41. The lowest BCUT2D eigenvalue weighted by Gasteiger charge is -2.49. The van der Waals surface area contributed by atoms with Crippen molar-refractivity contribution < 1.29 is 4.79 Å². The van der Waals surface area contributed by atoms with Gasteiger partial charge in [0.25, 0.3) is 0 Å². The zero-order valence-electron chi connectivity index (χ0n) is 16.1. The number of likely N-dealkylation sites (N-methyl/N-ethyl adjacent to an activating group) is 1. The summed E-state index contributed by atoms with van der Waals surface area (Å²) in [5, 5.41) is 14.1. The van der Waals surface area contributed by atoms with Gasteiger partial charge in [-0.15, -0.1) is 10.2 Å². The molecule has 8 heteroatoms. The van der Waals surface area contributed by atoms with Crippen LogP contribution in [0.5, 0.6) is 0 Å². The quantitative estimate of drug-likeness (QED) is 0.869. The summed E-state index contributed by atoms with van der Waals surface area (Å²) < 4.78 is 0. The maximum atomic E-state index is 12.1. The Labute approximate surface area is 159 Å². The second-order valence-corrected chi connectivity index (χ2v) is 7.85. The minimum atomic E-state index is 0.100. The molecule has 2 aliphatic heterocycles. The number of aromatic amines is 1. The van der Waals surface area contributed by atoms with Crippen LogP contribution in [0, 0.1) is 0 Å². The van der Waals surface area contributed by atoms with Crippen LogP contribution in [0.4, 0.5) is 0 Å². The molecule has 0 saturated carbocycles. The number of aromatic nitrogens is 4. The summed E-state index contributed by atoms with van der Waals surface area (Å²) >= 11 is 0. The average Bonchev–Trinajstić information content (AvgIpc) is 3.18. The third kappa shape index (κ3) is 3.72. The second-order valence-electron chi connectivity index (χ2n) is 7.85. The van der Waals surface area contributed by atoms with E-state index in [1.807, 2.05) is 24.1 Å². The fraction of sp³-hybridized carbons (Fsp3) is 0.579. The van der Waals surface area contributed by atoms with Gasteiger partial charge in [0.15, 0.2) is 0 Å². The van der Waals surface area contributed by atoms with Gasteiger partial charge in [-0.1, -0.05) is 24.3 Å². The minimum absolute atomic E-state index is 0.100. The normalized spacial score (nSPS) is 25.1. The Bertz CT molecular complexity index is 776. The van der Waals surface area contributed by atoms with Crippen molar-refractivity contribution in [3.8, 4) is 11.4 Å². The van der Waals surface area contributed by atoms with E-state index in [9.17, 15) is 4.79 Å². The first-order chi connectivity index (χ1) is 13.1. The number of H-pyrrole nitrogens is 1. The number of carbonyl (C=O) groups excluding carboxylic acids is 1. The zero-order valence-corrected chi connectivity index (χ0v) is 16.1. The molecule has 3 heterocycles. The van der Waals surface area contributed by atoms with Crippen LogP contribution in [0.1, 0.15) is 24.8 Å². The van der Waals surface area contributed by atoms with E-state index in [4.69, 9.17) is 0 Å². The number of piperazine rings is 1. The molecule has 2 saturated heterocycles. The van der Waals surface area contributed by atoms with Gasteiger partial charge >= 0.3 is 0 Å². The molecular weight excluding hydrogens is 342 g/mol. The highest BCUT2D eigenvalue weighted by atomic mass is 16.2. The van der Waals surface area contributed by atoms with Crippen LogP contribution in [0.3, 0.4) is 0 Å². The molecule has 2 aromatic rings. The molecule has 4 rings (SSSR count). The zero-order chi connectivity index (χ0) is 18.9. The summed E-state index contributed by atoms with van der Waals surface area (Å²) in [5.41, 5.74) is 2.35. The van der Waals surface area contributed by atoms with Crippen molar-refractivity contribution in [2.24, 2.45) is 0 Å². The molecular formula is C19H27N7O. The van der Waals surface area contributed by atoms with E-state index in [2.05, 4.69) is 49.6 Å². The van der Waals surface area contributed by atoms with E-state index >= 15 is 0 Å². The largest absolute Gasteiger partial charge is 0.346 e. The first-order valence-corrected chi connectivity index (χ1v) is 9.56. The molecule has 0 bridgehead atoms. The predicted molar refractivity (Wildman–Crippen MR) is 102 cm³/mol. The van der Waals surface area contributed by atoms with E-state index in [1.165, 1.54) is 5.56 Å². The molecule has 0 radical (unpaired) electrons. The Balaban J connectivity index is 1.44. The van der Waals surface area contributed by atoms with Gasteiger partial charge in [-0.05, 0) is 30.7 Å². The molecule has 27 heavy (non-hydrogen) atoms. The average molecular weight is 369 g/mol. The van der Waals surface area contributed by atoms with Crippen molar-refractivity contribution in [2.75, 3.05) is 40.3 Å². The number of nitrogens with zero attached hydrogens (tertiary/aromatic N) is 6.